The van der Waals surface area contributed by atoms with Crippen LogP contribution in [-0.2, 0) is 28.6 Å². The molecular weight excluding hydrogens is 437 g/mol. The highest BCUT2D eigenvalue weighted by atomic mass is 35.5. The third-order valence-electron chi connectivity index (χ3n) is 2.13. The summed E-state index contributed by atoms with van der Waals surface area (Å²) in [4.78, 5) is 20.9. The van der Waals surface area contributed by atoms with Gasteiger partial charge in [0.1, 0.15) is 0 Å². The van der Waals surface area contributed by atoms with Gasteiger partial charge in [-0.2, -0.15) is 21.8 Å². The van der Waals surface area contributed by atoms with E-state index in [-0.39, 0.29) is 25.6 Å². The minimum Gasteiger partial charge on any atom is -0.335 e. The van der Waals surface area contributed by atoms with Crippen molar-refractivity contribution in [2.45, 2.75) is 12.8 Å². The zero-order valence-corrected chi connectivity index (χ0v) is 17.5. The number of nitrogens with zero attached hydrogens (tertiary/aromatic N) is 2. The molecule has 11 nitrogen and oxygen atoms in total. The number of nitroso groups, excluding NO2 is 1. The monoisotopic (exact) mass is 459 g/mol. The lowest BCUT2D eigenvalue weighted by Crippen LogP contribution is -2.38. The molecule has 0 spiro atoms. The largest absolute Gasteiger partial charge is 0.340 e. The van der Waals surface area contributed by atoms with Crippen LogP contribution in [-0.4, -0.2) is 78.5 Å². The number of unbranched alkanes of at least 4 members (excludes halogenated alkanes) is 1. The smallest absolute Gasteiger partial charge is 0.335 e. The summed E-state index contributed by atoms with van der Waals surface area (Å²) in [5.41, 5.74) is 0. The van der Waals surface area contributed by atoms with Crippen LogP contribution in [0.2, 0.25) is 0 Å². The van der Waals surface area contributed by atoms with E-state index in [0.717, 1.165) is 12.5 Å². The van der Waals surface area contributed by atoms with Crippen LogP contribution >= 0.6 is 23.2 Å². The van der Waals surface area contributed by atoms with Gasteiger partial charge in [0.05, 0.1) is 37.6 Å². The van der Waals surface area contributed by atoms with Gasteiger partial charge in [-0.3, -0.25) is 8.37 Å². The molecule has 15 heteroatoms. The van der Waals surface area contributed by atoms with Crippen LogP contribution in [0, 0.1) is 4.91 Å². The van der Waals surface area contributed by atoms with Crippen molar-refractivity contribution in [1.29, 1.82) is 0 Å². The van der Waals surface area contributed by atoms with Crippen molar-refractivity contribution in [3.05, 3.63) is 4.91 Å². The van der Waals surface area contributed by atoms with Crippen molar-refractivity contribution in [3.8, 4) is 0 Å². The highest BCUT2D eigenvalue weighted by molar-refractivity contribution is 7.86. The Kier molecular flexibility index (Phi) is 16.2. The molecule has 0 aromatic rings. The van der Waals surface area contributed by atoms with Crippen LogP contribution in [0.15, 0.2) is 5.29 Å². The molecule has 0 radical (unpaired) electrons. The number of amides is 2. The van der Waals surface area contributed by atoms with Gasteiger partial charge in [0.2, 0.25) is 0 Å². The molecule has 0 saturated carbocycles. The van der Waals surface area contributed by atoms with Crippen LogP contribution in [0.3, 0.4) is 0 Å². The first-order valence-electron chi connectivity index (χ1n) is 7.16. The predicted molar refractivity (Wildman–Crippen MR) is 98.2 cm³/mol. The van der Waals surface area contributed by atoms with Gasteiger partial charge >= 0.3 is 6.03 Å². The molecule has 2 amide bonds. The fourth-order valence-electron chi connectivity index (χ4n) is 1.13. The Labute approximate surface area is 163 Å². The molecule has 0 aliphatic rings. The van der Waals surface area contributed by atoms with Crippen LogP contribution in [0.4, 0.5) is 4.79 Å². The number of carbonyl (C=O) groups excluding carboxylic acids is 1. The van der Waals surface area contributed by atoms with E-state index < -0.39 is 26.3 Å². The van der Waals surface area contributed by atoms with Crippen molar-refractivity contribution in [2.75, 3.05) is 50.6 Å². The van der Waals surface area contributed by atoms with Gasteiger partial charge in [-0.1, -0.05) is 0 Å². The Balaban J connectivity index is 0. The number of urea groups is 1. The zero-order chi connectivity index (χ0) is 20.6. The zero-order valence-electron chi connectivity index (χ0n) is 14.4. The molecule has 26 heavy (non-hydrogen) atoms. The summed E-state index contributed by atoms with van der Waals surface area (Å²) in [7, 11) is -6.80. The summed E-state index contributed by atoms with van der Waals surface area (Å²) < 4.78 is 50.8. The quantitative estimate of drug-likeness (QED) is 0.148. The number of hydrogen-bond donors (Lipinski definition) is 1. The van der Waals surface area contributed by atoms with E-state index in [1.807, 2.05) is 0 Å². The number of carbonyl (C=O) groups is 1. The topological polar surface area (TPSA) is 149 Å². The predicted octanol–water partition coefficient (Wildman–Crippen LogP) is 0.876. The molecule has 0 bridgehead atoms. The minimum absolute atomic E-state index is 0.0476. The highest BCUT2D eigenvalue weighted by Crippen LogP contribution is 1.97. The summed E-state index contributed by atoms with van der Waals surface area (Å²) in [6.45, 7) is 0.492. The number of nitrogens with one attached hydrogen (secondary N) is 1. The van der Waals surface area contributed by atoms with E-state index in [1.165, 1.54) is 0 Å². The molecule has 0 aromatic carbocycles. The number of rotatable bonds is 12. The summed E-state index contributed by atoms with van der Waals surface area (Å²) in [6, 6.07) is -0.578. The highest BCUT2D eigenvalue weighted by Gasteiger charge is 2.11. The van der Waals surface area contributed by atoms with Crippen molar-refractivity contribution in [3.63, 3.8) is 0 Å². The molecule has 0 fully saturated rings. The lowest BCUT2D eigenvalue weighted by molar-refractivity contribution is 0.203. The molecule has 156 valence electrons. The Hall–Kier alpha value is -0.730. The first kappa shape index (κ1) is 27.5. The lowest BCUT2D eigenvalue weighted by atomic mass is 10.3. The van der Waals surface area contributed by atoms with Gasteiger partial charge < -0.3 is 5.32 Å². The van der Waals surface area contributed by atoms with Crippen LogP contribution in [0.1, 0.15) is 12.8 Å². The molecule has 0 saturated heterocycles. The van der Waals surface area contributed by atoms with E-state index in [1.54, 1.807) is 0 Å². The molecule has 0 unspecified atom stereocenters. The summed E-state index contributed by atoms with van der Waals surface area (Å²) in [5, 5.41) is 5.55. The van der Waals surface area contributed by atoms with Crippen molar-refractivity contribution < 1.29 is 30.0 Å². The molecule has 0 aromatic heterocycles. The Morgan fingerprint density at radius 3 is 1.77 bits per heavy atom. The van der Waals surface area contributed by atoms with Crippen molar-refractivity contribution in [2.24, 2.45) is 5.29 Å². The van der Waals surface area contributed by atoms with Crippen molar-refractivity contribution >= 4 is 49.5 Å². The van der Waals surface area contributed by atoms with E-state index in [4.69, 9.17) is 23.2 Å². The molecule has 1 N–H and O–H groups in total. The van der Waals surface area contributed by atoms with E-state index in [2.05, 4.69) is 19.0 Å². The maximum atomic E-state index is 10.9. The molecule has 0 heterocycles. The normalized spacial score (nSPS) is 11.2. The number of halogens is 2. The third-order valence-corrected chi connectivity index (χ3v) is 3.68. The first-order chi connectivity index (χ1) is 12.0. The van der Waals surface area contributed by atoms with Gasteiger partial charge in [-0.05, 0) is 12.8 Å². The Bertz CT molecular complexity index is 565. The van der Waals surface area contributed by atoms with Gasteiger partial charge in [0, 0.05) is 18.3 Å². The molecule has 0 rings (SSSR count). The fraction of sp³-hybridized carbons (Fsp3) is 0.909. The van der Waals surface area contributed by atoms with E-state index >= 15 is 0 Å². The molecule has 0 aliphatic carbocycles. The Morgan fingerprint density at radius 1 is 1.00 bits per heavy atom. The second-order valence-electron chi connectivity index (χ2n) is 4.57. The SMILES string of the molecule is CS(=O)(=O)OCCCCOS(C)(=O)=O.O=NN(CCCl)C(=O)NCCCl. The standard InChI is InChI=1S/C6H14O6S2.C5H9Cl2N3O2/c1-13(7,8)11-5-3-4-6-12-14(2,9)10;6-1-3-8-5(11)10(9-12)4-2-7/h3-6H2,1-2H3;1-4H2,(H,8,11). The lowest BCUT2D eigenvalue weighted by Gasteiger charge is -2.11. The second-order valence-corrected chi connectivity index (χ2v) is 8.62. The number of hydrogen-bond acceptors (Lipinski definition) is 9. The minimum atomic E-state index is -3.40. The fourth-order valence-corrected chi connectivity index (χ4v) is 2.23. The van der Waals surface area contributed by atoms with Gasteiger partial charge in [-0.25, -0.2) is 4.79 Å². The van der Waals surface area contributed by atoms with Gasteiger partial charge in [0.25, 0.3) is 20.2 Å². The third kappa shape index (κ3) is 21.3. The van der Waals surface area contributed by atoms with Crippen LogP contribution in [0.25, 0.3) is 0 Å². The average Bonchev–Trinajstić information content (AvgIpc) is 2.52. The summed E-state index contributed by atoms with van der Waals surface area (Å²) in [5.74, 6) is 0.458. The van der Waals surface area contributed by atoms with Gasteiger partial charge in [0.15, 0.2) is 0 Å². The van der Waals surface area contributed by atoms with Crippen molar-refractivity contribution in [1.82, 2.24) is 10.3 Å². The average molecular weight is 460 g/mol. The van der Waals surface area contributed by atoms with Crippen LogP contribution < -0.4 is 5.32 Å². The number of alkyl halides is 2. The summed E-state index contributed by atoms with van der Waals surface area (Å²) >= 11 is 10.6. The van der Waals surface area contributed by atoms with Gasteiger partial charge in [-0.15, -0.1) is 28.1 Å². The maximum absolute atomic E-state index is 10.9. The molecule has 0 aliphatic heterocycles. The molecule has 0 atom stereocenters. The summed E-state index contributed by atoms with van der Waals surface area (Å²) in [6.07, 6.45) is 2.78. The Morgan fingerprint density at radius 2 is 1.46 bits per heavy atom. The molecular formula is C11H23Cl2N3O8S2. The first-order valence-corrected chi connectivity index (χ1v) is 11.9. The maximum Gasteiger partial charge on any atom is 0.340 e. The van der Waals surface area contributed by atoms with E-state index in [9.17, 15) is 26.5 Å². The second kappa shape index (κ2) is 15.3. The van der Waals surface area contributed by atoms with Crippen LogP contribution in [0.5, 0.6) is 0 Å². The van der Waals surface area contributed by atoms with E-state index in [0.29, 0.717) is 30.3 Å².